The average molecular weight is 324 g/mol. The number of aliphatic hydroxyl groups is 1. The summed E-state index contributed by atoms with van der Waals surface area (Å²) in [5.74, 6) is -3.54. The van der Waals surface area contributed by atoms with E-state index in [0.717, 1.165) is 13.0 Å². The summed E-state index contributed by atoms with van der Waals surface area (Å²) in [7, 11) is 0. The van der Waals surface area contributed by atoms with Crippen molar-refractivity contribution in [2.24, 2.45) is 5.41 Å². The summed E-state index contributed by atoms with van der Waals surface area (Å²) in [5.41, 5.74) is -0.769. The Labute approximate surface area is 133 Å². The molecular formula is C17H19F3N2O. The molecule has 1 N–H and O–H groups in total. The number of fused-ring (bicyclic) bond motifs is 1. The van der Waals surface area contributed by atoms with E-state index >= 15 is 0 Å². The van der Waals surface area contributed by atoms with Gasteiger partial charge < -0.3 is 5.11 Å². The Kier molecular flexibility index (Phi) is 3.69. The van der Waals surface area contributed by atoms with E-state index in [1.807, 2.05) is 6.07 Å². The van der Waals surface area contributed by atoms with Crippen molar-refractivity contribution in [2.75, 3.05) is 0 Å². The number of hydrogen-bond donors (Lipinski definition) is 1. The number of benzene rings is 1. The van der Waals surface area contributed by atoms with Crippen molar-refractivity contribution in [3.05, 3.63) is 35.1 Å². The van der Waals surface area contributed by atoms with E-state index in [-0.39, 0.29) is 24.1 Å². The van der Waals surface area contributed by atoms with Gasteiger partial charge in [0.2, 0.25) is 0 Å². The molecule has 23 heavy (non-hydrogen) atoms. The summed E-state index contributed by atoms with van der Waals surface area (Å²) in [4.78, 5) is 1.67. The molecule has 1 aromatic carbocycles. The van der Waals surface area contributed by atoms with E-state index in [1.54, 1.807) is 11.0 Å². The molecule has 0 aliphatic carbocycles. The molecule has 0 radical (unpaired) electrons. The minimum atomic E-state index is -3.01. The molecule has 4 atom stereocenters. The first kappa shape index (κ1) is 16.3. The van der Waals surface area contributed by atoms with Gasteiger partial charge in [0.1, 0.15) is 12.0 Å². The summed E-state index contributed by atoms with van der Waals surface area (Å²) < 4.78 is 41.7. The van der Waals surface area contributed by atoms with Crippen LogP contribution >= 0.6 is 0 Å². The van der Waals surface area contributed by atoms with E-state index in [0.29, 0.717) is 18.4 Å². The largest absolute Gasteiger partial charge is 0.378 e. The van der Waals surface area contributed by atoms with Crippen LogP contribution in [0.15, 0.2) is 18.2 Å². The molecule has 2 aliphatic rings. The number of nitriles is 1. The molecule has 1 aromatic rings. The van der Waals surface area contributed by atoms with Crippen molar-refractivity contribution in [1.29, 1.82) is 5.26 Å². The lowest BCUT2D eigenvalue weighted by molar-refractivity contribution is -0.170. The molecule has 3 nitrogen and oxygen atoms in total. The molecule has 0 aromatic heterocycles. The number of nitrogens with zero attached hydrogens (tertiary/aromatic N) is 2. The van der Waals surface area contributed by atoms with Gasteiger partial charge in [-0.05, 0) is 49.9 Å². The summed E-state index contributed by atoms with van der Waals surface area (Å²) in [6, 6.07) is 5.43. The molecule has 2 saturated heterocycles. The van der Waals surface area contributed by atoms with Gasteiger partial charge in [0, 0.05) is 19.0 Å². The smallest absolute Gasteiger partial charge is 0.254 e. The molecule has 0 spiro atoms. The van der Waals surface area contributed by atoms with Crippen LogP contribution in [0.25, 0.3) is 0 Å². The van der Waals surface area contributed by atoms with E-state index < -0.39 is 23.4 Å². The first-order valence-corrected chi connectivity index (χ1v) is 7.71. The highest BCUT2D eigenvalue weighted by Crippen LogP contribution is 2.56. The lowest BCUT2D eigenvalue weighted by Crippen LogP contribution is -2.47. The second-order valence-electron chi connectivity index (χ2n) is 6.96. The third kappa shape index (κ3) is 2.43. The van der Waals surface area contributed by atoms with Gasteiger partial charge in [-0.15, -0.1) is 0 Å². The molecule has 2 heterocycles. The zero-order valence-electron chi connectivity index (χ0n) is 13.1. The molecule has 0 amide bonds. The maximum atomic E-state index is 14.0. The Morgan fingerprint density at radius 3 is 2.65 bits per heavy atom. The van der Waals surface area contributed by atoms with E-state index in [2.05, 4.69) is 0 Å². The molecule has 2 aliphatic heterocycles. The van der Waals surface area contributed by atoms with Gasteiger partial charge in [-0.2, -0.15) is 5.26 Å². The Hall–Kier alpha value is -1.58. The lowest BCUT2D eigenvalue weighted by atomic mass is 9.79. The van der Waals surface area contributed by atoms with Crippen molar-refractivity contribution >= 4 is 0 Å². The summed E-state index contributed by atoms with van der Waals surface area (Å²) >= 11 is 0. The zero-order valence-corrected chi connectivity index (χ0v) is 13.1. The quantitative estimate of drug-likeness (QED) is 0.904. The van der Waals surface area contributed by atoms with Crippen LogP contribution in [-0.2, 0) is 0 Å². The Morgan fingerprint density at radius 1 is 1.35 bits per heavy atom. The van der Waals surface area contributed by atoms with Crippen LogP contribution in [0.2, 0.25) is 0 Å². The molecule has 3 rings (SSSR count). The van der Waals surface area contributed by atoms with E-state index in [4.69, 9.17) is 5.26 Å². The number of alkyl halides is 2. The van der Waals surface area contributed by atoms with Crippen molar-refractivity contribution in [1.82, 2.24) is 4.90 Å². The van der Waals surface area contributed by atoms with E-state index in [9.17, 15) is 18.3 Å². The van der Waals surface area contributed by atoms with Gasteiger partial charge in [0.05, 0.1) is 17.0 Å². The van der Waals surface area contributed by atoms with Gasteiger partial charge in [-0.25, -0.2) is 13.2 Å². The normalized spacial score (nSPS) is 34.4. The topological polar surface area (TPSA) is 47.3 Å². The van der Waals surface area contributed by atoms with Crippen LogP contribution in [0, 0.1) is 22.6 Å². The number of rotatable bonds is 2. The minimum absolute atomic E-state index is 0.153. The highest BCUT2D eigenvalue weighted by molar-refractivity contribution is 5.36. The van der Waals surface area contributed by atoms with Crippen LogP contribution < -0.4 is 0 Å². The third-order valence-corrected chi connectivity index (χ3v) is 5.50. The van der Waals surface area contributed by atoms with Crippen molar-refractivity contribution in [3.63, 3.8) is 0 Å². The first-order chi connectivity index (χ1) is 10.7. The van der Waals surface area contributed by atoms with Crippen molar-refractivity contribution in [3.8, 4) is 6.07 Å². The fourth-order valence-electron chi connectivity index (χ4n) is 4.02. The van der Waals surface area contributed by atoms with Gasteiger partial charge >= 0.3 is 0 Å². The average Bonchev–Trinajstić information content (AvgIpc) is 2.97. The second-order valence-corrected chi connectivity index (χ2v) is 6.96. The number of halogens is 3. The van der Waals surface area contributed by atoms with Crippen LogP contribution in [0.3, 0.4) is 0 Å². The SMILES string of the molecule is CC(F)(F)C1(C)C[C@@H]2CC[C@@H](c3cc(F)cc(C#N)c3)N2C1O. The molecule has 2 unspecified atom stereocenters. The highest BCUT2D eigenvalue weighted by atomic mass is 19.3. The van der Waals surface area contributed by atoms with E-state index in [1.165, 1.54) is 13.0 Å². The van der Waals surface area contributed by atoms with Crippen molar-refractivity contribution < 1.29 is 18.3 Å². The number of aliphatic hydroxyl groups excluding tert-OH is 1. The Bertz CT molecular complexity index is 667. The predicted molar refractivity (Wildman–Crippen MR) is 78.1 cm³/mol. The minimum Gasteiger partial charge on any atom is -0.378 e. The zero-order chi connectivity index (χ0) is 17.0. The van der Waals surface area contributed by atoms with Gasteiger partial charge in [0.25, 0.3) is 5.92 Å². The van der Waals surface area contributed by atoms with Gasteiger partial charge in [-0.3, -0.25) is 4.90 Å². The number of hydrogen-bond acceptors (Lipinski definition) is 3. The second kappa shape index (κ2) is 5.22. The summed E-state index contributed by atoms with van der Waals surface area (Å²) in [5, 5.41) is 19.5. The molecular weight excluding hydrogens is 305 g/mol. The molecule has 0 bridgehead atoms. The lowest BCUT2D eigenvalue weighted by Gasteiger charge is -2.37. The maximum absolute atomic E-state index is 14.0. The monoisotopic (exact) mass is 324 g/mol. The molecule has 124 valence electrons. The molecule has 2 fully saturated rings. The Balaban J connectivity index is 1.96. The molecule has 0 saturated carbocycles. The fourth-order valence-corrected chi connectivity index (χ4v) is 4.02. The first-order valence-electron chi connectivity index (χ1n) is 7.71. The molecule has 6 heteroatoms. The van der Waals surface area contributed by atoms with Gasteiger partial charge in [-0.1, -0.05) is 0 Å². The predicted octanol–water partition coefficient (Wildman–Crippen LogP) is 3.59. The summed E-state index contributed by atoms with van der Waals surface area (Å²) in [6.07, 6.45) is 0.232. The van der Waals surface area contributed by atoms with Crippen LogP contribution in [0.4, 0.5) is 13.2 Å². The van der Waals surface area contributed by atoms with Crippen LogP contribution in [0.5, 0.6) is 0 Å². The maximum Gasteiger partial charge on any atom is 0.254 e. The van der Waals surface area contributed by atoms with Crippen LogP contribution in [-0.4, -0.2) is 28.2 Å². The van der Waals surface area contributed by atoms with Gasteiger partial charge in [0.15, 0.2) is 0 Å². The van der Waals surface area contributed by atoms with Crippen LogP contribution in [0.1, 0.15) is 50.3 Å². The summed E-state index contributed by atoms with van der Waals surface area (Å²) in [6.45, 7) is 2.24. The van der Waals surface area contributed by atoms with Crippen molar-refractivity contribution in [2.45, 2.75) is 57.3 Å². The standard InChI is InChI=1S/C17H19F3N2O/c1-16(17(2,19)20)8-13-3-4-14(22(13)15(16)23)11-5-10(9-21)6-12(18)7-11/h5-7,13-15,23H,3-4,8H2,1-2H3/t13-,14-,15?,16?/m0/s1. The Morgan fingerprint density at radius 2 is 2.04 bits per heavy atom. The fraction of sp³-hybridized carbons (Fsp3) is 0.588. The third-order valence-electron chi connectivity index (χ3n) is 5.50. The highest BCUT2D eigenvalue weighted by Gasteiger charge is 2.62.